The summed E-state index contributed by atoms with van der Waals surface area (Å²) in [6.07, 6.45) is 6.81. The molecule has 2 nitrogen and oxygen atoms in total. The fourth-order valence-corrected chi connectivity index (χ4v) is 2.84. The van der Waals surface area contributed by atoms with Gasteiger partial charge in [0.25, 0.3) is 0 Å². The van der Waals surface area contributed by atoms with E-state index in [2.05, 4.69) is 36.5 Å². The highest BCUT2D eigenvalue weighted by atomic mass is 14.9. The van der Waals surface area contributed by atoms with E-state index in [4.69, 9.17) is 5.73 Å². The van der Waals surface area contributed by atoms with Gasteiger partial charge in [-0.05, 0) is 37.3 Å². The van der Waals surface area contributed by atoms with E-state index in [1.807, 2.05) is 0 Å². The molecule has 0 bridgehead atoms. The topological polar surface area (TPSA) is 38.0 Å². The van der Waals surface area contributed by atoms with Crippen LogP contribution in [0.3, 0.4) is 0 Å². The zero-order valence-electron chi connectivity index (χ0n) is 10.8. The first-order chi connectivity index (χ1) is 8.31. The Morgan fingerprint density at radius 1 is 1.24 bits per heavy atom. The number of hydrogen-bond acceptors (Lipinski definition) is 2. The van der Waals surface area contributed by atoms with Gasteiger partial charge in [0.15, 0.2) is 0 Å². The van der Waals surface area contributed by atoms with Gasteiger partial charge in [0, 0.05) is 18.3 Å². The van der Waals surface area contributed by atoms with E-state index in [1.165, 1.54) is 43.4 Å². The highest BCUT2D eigenvalue weighted by molar-refractivity contribution is 5.51. The van der Waals surface area contributed by atoms with E-state index in [0.717, 1.165) is 12.5 Å². The Morgan fingerprint density at radius 3 is 2.59 bits per heavy atom. The van der Waals surface area contributed by atoms with Gasteiger partial charge in [-0.2, -0.15) is 0 Å². The molecule has 3 N–H and O–H groups in total. The maximum atomic E-state index is 5.94. The van der Waals surface area contributed by atoms with Crippen LogP contribution in [0.25, 0.3) is 0 Å². The Hall–Kier alpha value is -1.02. The zero-order chi connectivity index (χ0) is 12.1. The van der Waals surface area contributed by atoms with Crippen LogP contribution >= 0.6 is 0 Å². The van der Waals surface area contributed by atoms with Crippen LogP contribution in [0.15, 0.2) is 24.3 Å². The average molecular weight is 232 g/mol. The van der Waals surface area contributed by atoms with Crippen LogP contribution < -0.4 is 11.1 Å². The Morgan fingerprint density at radius 2 is 1.94 bits per heavy atom. The van der Waals surface area contributed by atoms with Crippen molar-refractivity contribution in [3.05, 3.63) is 29.8 Å². The standard InChI is InChI=1S/C15H24N2/c1-12-7-5-6-10-14(12)17-15(11-16)13-8-3-2-4-9-13/h5-7,10,13,15,17H,2-4,8-9,11,16H2,1H3. The van der Waals surface area contributed by atoms with Gasteiger partial charge in [0.2, 0.25) is 0 Å². The first-order valence-corrected chi connectivity index (χ1v) is 6.83. The van der Waals surface area contributed by atoms with E-state index in [9.17, 15) is 0 Å². The lowest BCUT2D eigenvalue weighted by molar-refractivity contribution is 0.320. The van der Waals surface area contributed by atoms with Crippen LogP contribution in [-0.2, 0) is 0 Å². The number of benzene rings is 1. The second-order valence-electron chi connectivity index (χ2n) is 5.20. The molecule has 1 aliphatic rings. The molecule has 1 unspecified atom stereocenters. The van der Waals surface area contributed by atoms with Crippen LogP contribution in [-0.4, -0.2) is 12.6 Å². The van der Waals surface area contributed by atoms with Crippen molar-refractivity contribution in [2.24, 2.45) is 11.7 Å². The van der Waals surface area contributed by atoms with Crippen molar-refractivity contribution < 1.29 is 0 Å². The maximum Gasteiger partial charge on any atom is 0.0411 e. The van der Waals surface area contributed by atoms with Crippen molar-refractivity contribution in [2.75, 3.05) is 11.9 Å². The van der Waals surface area contributed by atoms with Gasteiger partial charge in [0.05, 0.1) is 0 Å². The SMILES string of the molecule is Cc1ccccc1NC(CN)C1CCCCC1. The zero-order valence-corrected chi connectivity index (χ0v) is 10.8. The molecule has 17 heavy (non-hydrogen) atoms. The number of nitrogens with two attached hydrogens (primary N) is 1. The second-order valence-corrected chi connectivity index (χ2v) is 5.20. The summed E-state index contributed by atoms with van der Waals surface area (Å²) in [5.74, 6) is 0.758. The van der Waals surface area contributed by atoms with Crippen molar-refractivity contribution >= 4 is 5.69 Å². The molecule has 0 aliphatic heterocycles. The molecule has 2 rings (SSSR count). The fourth-order valence-electron chi connectivity index (χ4n) is 2.84. The number of rotatable bonds is 4. The molecule has 1 aromatic carbocycles. The third-order valence-corrected chi connectivity index (χ3v) is 3.96. The maximum absolute atomic E-state index is 5.94. The summed E-state index contributed by atoms with van der Waals surface area (Å²) in [5, 5.41) is 3.64. The lowest BCUT2D eigenvalue weighted by Gasteiger charge is -2.31. The molecule has 2 heteroatoms. The van der Waals surface area contributed by atoms with Crippen LogP contribution in [0.1, 0.15) is 37.7 Å². The predicted octanol–water partition coefficient (Wildman–Crippen LogP) is 3.31. The Kier molecular flexibility index (Phi) is 4.43. The normalized spacial score (nSPS) is 18.9. The summed E-state index contributed by atoms with van der Waals surface area (Å²) < 4.78 is 0. The molecule has 0 heterocycles. The lowest BCUT2D eigenvalue weighted by atomic mass is 9.83. The molecule has 0 spiro atoms. The summed E-state index contributed by atoms with van der Waals surface area (Å²) in [5.41, 5.74) is 8.49. The van der Waals surface area contributed by atoms with Crippen molar-refractivity contribution in [3.8, 4) is 0 Å². The fraction of sp³-hybridized carbons (Fsp3) is 0.600. The third-order valence-electron chi connectivity index (χ3n) is 3.96. The molecule has 0 amide bonds. The van der Waals surface area contributed by atoms with Gasteiger partial charge in [-0.15, -0.1) is 0 Å². The summed E-state index contributed by atoms with van der Waals surface area (Å²) in [4.78, 5) is 0. The minimum absolute atomic E-state index is 0.441. The molecule has 0 saturated heterocycles. The molecule has 94 valence electrons. The summed E-state index contributed by atoms with van der Waals surface area (Å²) >= 11 is 0. The lowest BCUT2D eigenvalue weighted by Crippen LogP contribution is -2.37. The molecule has 0 radical (unpaired) electrons. The van der Waals surface area contributed by atoms with E-state index >= 15 is 0 Å². The molecule has 0 aromatic heterocycles. The average Bonchev–Trinajstić information content (AvgIpc) is 2.39. The molecular formula is C15H24N2. The van der Waals surface area contributed by atoms with Gasteiger partial charge in [0.1, 0.15) is 0 Å². The number of nitrogens with one attached hydrogen (secondary N) is 1. The largest absolute Gasteiger partial charge is 0.381 e. The van der Waals surface area contributed by atoms with Gasteiger partial charge < -0.3 is 11.1 Å². The molecule has 1 atom stereocenters. The number of hydrogen-bond donors (Lipinski definition) is 2. The second kappa shape index (κ2) is 6.06. The summed E-state index contributed by atoms with van der Waals surface area (Å²) in [7, 11) is 0. The van der Waals surface area contributed by atoms with Crippen molar-refractivity contribution in [1.29, 1.82) is 0 Å². The van der Waals surface area contributed by atoms with Crippen molar-refractivity contribution in [1.82, 2.24) is 0 Å². The van der Waals surface area contributed by atoms with Crippen LogP contribution in [0.5, 0.6) is 0 Å². The van der Waals surface area contributed by atoms with Crippen molar-refractivity contribution in [2.45, 2.75) is 45.1 Å². The number of aryl methyl sites for hydroxylation is 1. The Bertz CT molecular complexity index is 343. The molecule has 1 saturated carbocycles. The molecular weight excluding hydrogens is 208 g/mol. The van der Waals surface area contributed by atoms with Crippen LogP contribution in [0.2, 0.25) is 0 Å². The van der Waals surface area contributed by atoms with E-state index in [-0.39, 0.29) is 0 Å². The molecule has 1 aliphatic carbocycles. The summed E-state index contributed by atoms with van der Waals surface area (Å²) in [6.45, 7) is 2.88. The van der Waals surface area contributed by atoms with Crippen LogP contribution in [0, 0.1) is 12.8 Å². The van der Waals surface area contributed by atoms with Gasteiger partial charge in [-0.25, -0.2) is 0 Å². The predicted molar refractivity (Wildman–Crippen MR) is 74.2 cm³/mol. The highest BCUT2D eigenvalue weighted by Crippen LogP contribution is 2.28. The first-order valence-electron chi connectivity index (χ1n) is 6.83. The summed E-state index contributed by atoms with van der Waals surface area (Å²) in [6, 6.07) is 8.91. The molecule has 1 fully saturated rings. The van der Waals surface area contributed by atoms with Crippen molar-refractivity contribution in [3.63, 3.8) is 0 Å². The monoisotopic (exact) mass is 232 g/mol. The van der Waals surface area contributed by atoms with Crippen LogP contribution in [0.4, 0.5) is 5.69 Å². The van der Waals surface area contributed by atoms with E-state index in [0.29, 0.717) is 6.04 Å². The number of para-hydroxylation sites is 1. The minimum Gasteiger partial charge on any atom is -0.381 e. The van der Waals surface area contributed by atoms with E-state index < -0.39 is 0 Å². The first kappa shape index (κ1) is 12.4. The van der Waals surface area contributed by atoms with Gasteiger partial charge in [-0.1, -0.05) is 37.5 Å². The smallest absolute Gasteiger partial charge is 0.0411 e. The third kappa shape index (κ3) is 3.22. The minimum atomic E-state index is 0.441. The van der Waals surface area contributed by atoms with Gasteiger partial charge in [-0.3, -0.25) is 0 Å². The quantitative estimate of drug-likeness (QED) is 0.835. The van der Waals surface area contributed by atoms with E-state index in [1.54, 1.807) is 0 Å². The Labute approximate surface area is 105 Å². The van der Waals surface area contributed by atoms with Gasteiger partial charge >= 0.3 is 0 Å². The number of anilines is 1. The Balaban J connectivity index is 2.01. The molecule has 1 aromatic rings. The highest BCUT2D eigenvalue weighted by Gasteiger charge is 2.22.